The van der Waals surface area contributed by atoms with Crippen molar-refractivity contribution in [3.05, 3.63) is 24.3 Å². The Morgan fingerprint density at radius 3 is 2.86 bits per heavy atom. The quantitative estimate of drug-likeness (QED) is 0.710. The minimum atomic E-state index is -0.121. The molecule has 0 aliphatic rings. The Morgan fingerprint density at radius 1 is 1.64 bits per heavy atom. The molecule has 0 aromatic carbocycles. The van der Waals surface area contributed by atoms with E-state index in [1.807, 2.05) is 6.92 Å². The minimum Gasteiger partial charge on any atom is -0.336 e. The van der Waals surface area contributed by atoms with Crippen LogP contribution in [0.15, 0.2) is 18.6 Å². The van der Waals surface area contributed by atoms with Crippen LogP contribution >= 0.6 is 11.6 Å². The van der Waals surface area contributed by atoms with Gasteiger partial charge in [-0.3, -0.25) is 14.8 Å². The molecule has 0 aliphatic heterocycles. The lowest BCUT2D eigenvalue weighted by molar-refractivity contribution is -0.129. The maximum atomic E-state index is 11.3. The molecule has 1 aromatic heterocycles. The summed E-state index contributed by atoms with van der Waals surface area (Å²) in [7, 11) is 1.70. The topological polar surface area (TPSA) is 46.1 Å². The van der Waals surface area contributed by atoms with E-state index in [1.54, 1.807) is 30.5 Å². The molecule has 1 atom stereocenters. The second kappa shape index (κ2) is 4.91. The number of hydrogen-bond donors (Lipinski definition) is 0. The van der Waals surface area contributed by atoms with Crippen LogP contribution in [0.5, 0.6) is 0 Å². The van der Waals surface area contributed by atoms with Gasteiger partial charge < -0.3 is 4.90 Å². The zero-order chi connectivity index (χ0) is 10.6. The first kappa shape index (κ1) is 10.9. The van der Waals surface area contributed by atoms with E-state index in [0.29, 0.717) is 0 Å². The molecule has 14 heavy (non-hydrogen) atoms. The van der Waals surface area contributed by atoms with E-state index in [4.69, 9.17) is 11.6 Å². The summed E-state index contributed by atoms with van der Waals surface area (Å²) in [6.45, 7) is 1.88. The van der Waals surface area contributed by atoms with Gasteiger partial charge in [0.1, 0.15) is 5.88 Å². The predicted molar refractivity (Wildman–Crippen MR) is 53.9 cm³/mol. The van der Waals surface area contributed by atoms with Crippen molar-refractivity contribution in [1.82, 2.24) is 14.9 Å². The van der Waals surface area contributed by atoms with Gasteiger partial charge in [0, 0.05) is 19.4 Å². The summed E-state index contributed by atoms with van der Waals surface area (Å²) in [5.74, 6) is -0.133. The first-order valence-electron chi connectivity index (χ1n) is 4.24. The zero-order valence-electron chi connectivity index (χ0n) is 8.14. The summed E-state index contributed by atoms with van der Waals surface area (Å²) in [5.41, 5.74) is 0.758. The van der Waals surface area contributed by atoms with Crippen LogP contribution in [-0.4, -0.2) is 33.7 Å². The molecule has 5 heteroatoms. The molecule has 1 aromatic rings. The third-order valence-corrected chi connectivity index (χ3v) is 2.33. The summed E-state index contributed by atoms with van der Waals surface area (Å²) in [4.78, 5) is 20.9. The van der Waals surface area contributed by atoms with E-state index in [2.05, 4.69) is 9.97 Å². The molecule has 0 radical (unpaired) electrons. The van der Waals surface area contributed by atoms with Crippen molar-refractivity contribution in [2.45, 2.75) is 13.0 Å². The highest BCUT2D eigenvalue weighted by molar-refractivity contribution is 6.27. The molecule has 0 fully saturated rings. The molecule has 0 spiro atoms. The lowest BCUT2D eigenvalue weighted by Gasteiger charge is -2.23. The number of aromatic nitrogens is 2. The van der Waals surface area contributed by atoms with Crippen LogP contribution in [0.4, 0.5) is 0 Å². The van der Waals surface area contributed by atoms with Gasteiger partial charge in [-0.15, -0.1) is 11.6 Å². The highest BCUT2D eigenvalue weighted by Gasteiger charge is 2.17. The number of halogens is 1. The molecular formula is C9H12ClN3O. The van der Waals surface area contributed by atoms with Crippen LogP contribution in [0.2, 0.25) is 0 Å². The van der Waals surface area contributed by atoms with E-state index in [9.17, 15) is 4.79 Å². The van der Waals surface area contributed by atoms with Crippen molar-refractivity contribution in [3.8, 4) is 0 Å². The second-order valence-corrected chi connectivity index (χ2v) is 3.21. The molecule has 0 aliphatic carbocycles. The number of carbonyl (C=O) groups is 1. The van der Waals surface area contributed by atoms with Crippen LogP contribution < -0.4 is 0 Å². The Labute approximate surface area is 87.9 Å². The van der Waals surface area contributed by atoms with Crippen LogP contribution in [0, 0.1) is 0 Å². The Kier molecular flexibility index (Phi) is 3.83. The SMILES string of the molecule is C[C@H](c1cnccn1)N(C)C(=O)CCl. The van der Waals surface area contributed by atoms with Gasteiger partial charge in [0.15, 0.2) is 0 Å². The van der Waals surface area contributed by atoms with Gasteiger partial charge in [-0.25, -0.2) is 0 Å². The van der Waals surface area contributed by atoms with Crippen LogP contribution in [0.25, 0.3) is 0 Å². The van der Waals surface area contributed by atoms with Crippen LogP contribution in [0.1, 0.15) is 18.7 Å². The first-order valence-corrected chi connectivity index (χ1v) is 4.77. The Hall–Kier alpha value is -1.16. The first-order chi connectivity index (χ1) is 6.66. The van der Waals surface area contributed by atoms with Crippen molar-refractivity contribution in [1.29, 1.82) is 0 Å². The largest absolute Gasteiger partial charge is 0.336 e. The fourth-order valence-corrected chi connectivity index (χ4v) is 1.22. The van der Waals surface area contributed by atoms with Crippen molar-refractivity contribution in [2.75, 3.05) is 12.9 Å². The number of carbonyl (C=O) groups excluding carboxylic acids is 1. The van der Waals surface area contributed by atoms with E-state index < -0.39 is 0 Å². The Bertz CT molecular complexity index is 304. The lowest BCUT2D eigenvalue weighted by Crippen LogP contribution is -2.31. The Balaban J connectivity index is 2.75. The van der Waals surface area contributed by atoms with Crippen molar-refractivity contribution < 1.29 is 4.79 Å². The highest BCUT2D eigenvalue weighted by Crippen LogP contribution is 2.14. The molecule has 76 valence electrons. The van der Waals surface area contributed by atoms with E-state index in [1.165, 1.54) is 0 Å². The summed E-state index contributed by atoms with van der Waals surface area (Å²) in [5, 5.41) is 0. The number of nitrogens with zero attached hydrogens (tertiary/aromatic N) is 3. The molecule has 0 bridgehead atoms. The monoisotopic (exact) mass is 213 g/mol. The molecular weight excluding hydrogens is 202 g/mol. The van der Waals surface area contributed by atoms with Crippen molar-refractivity contribution >= 4 is 17.5 Å². The maximum absolute atomic E-state index is 11.3. The molecule has 1 rings (SSSR count). The zero-order valence-corrected chi connectivity index (χ0v) is 8.90. The summed E-state index contributed by atoms with van der Waals surface area (Å²) < 4.78 is 0. The average Bonchev–Trinajstić information content (AvgIpc) is 2.27. The van der Waals surface area contributed by atoms with Gasteiger partial charge in [-0.2, -0.15) is 0 Å². The van der Waals surface area contributed by atoms with Crippen LogP contribution in [-0.2, 0) is 4.79 Å². The van der Waals surface area contributed by atoms with Gasteiger partial charge in [-0.05, 0) is 6.92 Å². The normalized spacial score (nSPS) is 12.2. The molecule has 0 unspecified atom stereocenters. The Morgan fingerprint density at radius 2 is 2.36 bits per heavy atom. The molecule has 0 N–H and O–H groups in total. The molecule has 4 nitrogen and oxygen atoms in total. The summed E-state index contributed by atoms with van der Waals surface area (Å²) in [6.07, 6.45) is 4.84. The predicted octanol–water partition coefficient (Wildman–Crippen LogP) is 1.23. The molecule has 0 saturated heterocycles. The third-order valence-electron chi connectivity index (χ3n) is 2.10. The second-order valence-electron chi connectivity index (χ2n) is 2.94. The fraction of sp³-hybridized carbons (Fsp3) is 0.444. The standard InChI is InChI=1S/C9H12ClN3O/c1-7(13(2)9(14)5-10)8-6-11-3-4-12-8/h3-4,6-7H,5H2,1-2H3/t7-/m1/s1. The number of rotatable bonds is 3. The maximum Gasteiger partial charge on any atom is 0.237 e. The van der Waals surface area contributed by atoms with Crippen molar-refractivity contribution in [3.63, 3.8) is 0 Å². The van der Waals surface area contributed by atoms with Gasteiger partial charge in [0.05, 0.1) is 17.9 Å². The minimum absolute atomic E-state index is 0.0128. The highest BCUT2D eigenvalue weighted by atomic mass is 35.5. The smallest absolute Gasteiger partial charge is 0.237 e. The fourth-order valence-electron chi connectivity index (χ4n) is 1.04. The van der Waals surface area contributed by atoms with Gasteiger partial charge >= 0.3 is 0 Å². The number of hydrogen-bond acceptors (Lipinski definition) is 3. The van der Waals surface area contributed by atoms with E-state index >= 15 is 0 Å². The molecule has 1 heterocycles. The molecule has 1 amide bonds. The summed E-state index contributed by atoms with van der Waals surface area (Å²) in [6, 6.07) is -0.102. The number of alkyl halides is 1. The molecule has 0 saturated carbocycles. The number of amides is 1. The van der Waals surface area contributed by atoms with E-state index in [0.717, 1.165) is 5.69 Å². The average molecular weight is 214 g/mol. The van der Waals surface area contributed by atoms with Crippen LogP contribution in [0.3, 0.4) is 0 Å². The van der Waals surface area contributed by atoms with Gasteiger partial charge in [-0.1, -0.05) is 0 Å². The van der Waals surface area contributed by atoms with Gasteiger partial charge in [0.25, 0.3) is 0 Å². The van der Waals surface area contributed by atoms with Gasteiger partial charge in [0.2, 0.25) is 5.91 Å². The van der Waals surface area contributed by atoms with Crippen molar-refractivity contribution in [2.24, 2.45) is 0 Å². The van der Waals surface area contributed by atoms with E-state index in [-0.39, 0.29) is 17.8 Å². The summed E-state index contributed by atoms with van der Waals surface area (Å²) >= 11 is 5.45. The lowest BCUT2D eigenvalue weighted by atomic mass is 10.2. The third kappa shape index (κ3) is 2.42.